The molecule has 1 amide bonds. The average molecular weight is 550 g/mol. The summed E-state index contributed by atoms with van der Waals surface area (Å²) in [6.07, 6.45) is 17.4. The zero-order valence-electron chi connectivity index (χ0n) is 24.4. The molecule has 0 aliphatic carbocycles. The summed E-state index contributed by atoms with van der Waals surface area (Å²) in [5.74, 6) is -1.27. The minimum Gasteiger partial charge on any atom is -0.507 e. The van der Waals surface area contributed by atoms with Gasteiger partial charge in [-0.1, -0.05) is 127 Å². The number of aliphatic hydroxyl groups is 1. The van der Waals surface area contributed by atoms with Crippen molar-refractivity contribution in [2.45, 2.75) is 103 Å². The number of carbonyl (C=O) groups excluding carboxylic acids is 2. The van der Waals surface area contributed by atoms with E-state index in [9.17, 15) is 19.8 Å². The minimum atomic E-state index is -0.753. The van der Waals surface area contributed by atoms with Crippen LogP contribution in [0.15, 0.2) is 54.1 Å². The van der Waals surface area contributed by atoms with Gasteiger partial charge in [0.1, 0.15) is 5.76 Å². The molecule has 1 aliphatic heterocycles. The number of carbonyl (C=O) groups is 2. The van der Waals surface area contributed by atoms with Gasteiger partial charge in [0, 0.05) is 12.1 Å². The first-order valence-electron chi connectivity index (χ1n) is 15.2. The molecule has 0 saturated carbocycles. The van der Waals surface area contributed by atoms with Crippen LogP contribution in [-0.4, -0.2) is 40.5 Å². The molecule has 0 radical (unpaired) electrons. The molecular formula is C34H47NO5. The van der Waals surface area contributed by atoms with Gasteiger partial charge in [-0.15, -0.1) is 0 Å². The van der Waals surface area contributed by atoms with Gasteiger partial charge in [-0.25, -0.2) is 0 Å². The summed E-state index contributed by atoms with van der Waals surface area (Å²) in [6.45, 7) is 2.67. The van der Waals surface area contributed by atoms with Gasteiger partial charge in [-0.2, -0.15) is 0 Å². The number of aliphatic hydroxyl groups excluding tert-OH is 1. The molecule has 2 aromatic carbocycles. The van der Waals surface area contributed by atoms with E-state index < -0.39 is 17.7 Å². The second kappa shape index (κ2) is 16.7. The van der Waals surface area contributed by atoms with Crippen LogP contribution in [0.2, 0.25) is 0 Å². The van der Waals surface area contributed by atoms with Crippen molar-refractivity contribution in [3.63, 3.8) is 0 Å². The molecule has 1 saturated heterocycles. The molecule has 0 bridgehead atoms. The van der Waals surface area contributed by atoms with Crippen molar-refractivity contribution >= 4 is 17.4 Å². The fourth-order valence-corrected chi connectivity index (χ4v) is 5.55. The minimum absolute atomic E-state index is 0.0294. The molecule has 0 spiro atoms. The van der Waals surface area contributed by atoms with E-state index >= 15 is 0 Å². The standard InChI is InChI=1S/C34H47NO5/c1-3-4-5-6-7-8-9-10-11-12-13-14-15-19-24-35-31(27-22-23-28(36)29(25-27)40-2)30(33(38)34(35)39)32(37)26-20-17-16-18-21-26/h16-18,20-23,25,31,36-37H,3-15,19,24H2,1-2H3/b32-30+. The lowest BCUT2D eigenvalue weighted by Crippen LogP contribution is -2.30. The molecule has 0 aromatic heterocycles. The highest BCUT2D eigenvalue weighted by Gasteiger charge is 2.46. The van der Waals surface area contributed by atoms with Crippen LogP contribution in [0.5, 0.6) is 11.5 Å². The maximum absolute atomic E-state index is 13.2. The highest BCUT2D eigenvalue weighted by Crippen LogP contribution is 2.41. The summed E-state index contributed by atoms with van der Waals surface area (Å²) in [7, 11) is 1.45. The monoisotopic (exact) mass is 549 g/mol. The Morgan fingerprint density at radius 3 is 1.90 bits per heavy atom. The fourth-order valence-electron chi connectivity index (χ4n) is 5.55. The number of rotatable bonds is 18. The summed E-state index contributed by atoms with van der Waals surface area (Å²) in [5, 5.41) is 21.2. The Kier molecular flexibility index (Phi) is 13.1. The molecule has 1 fully saturated rings. The van der Waals surface area contributed by atoms with E-state index in [1.807, 2.05) is 6.07 Å². The van der Waals surface area contributed by atoms with E-state index in [-0.39, 0.29) is 22.8 Å². The molecule has 3 rings (SSSR count). The molecule has 40 heavy (non-hydrogen) atoms. The molecule has 6 nitrogen and oxygen atoms in total. The number of hydrogen-bond donors (Lipinski definition) is 2. The first kappa shape index (κ1) is 31.3. The topological polar surface area (TPSA) is 87.1 Å². The van der Waals surface area contributed by atoms with Crippen LogP contribution in [-0.2, 0) is 9.59 Å². The smallest absolute Gasteiger partial charge is 0.295 e. The summed E-state index contributed by atoms with van der Waals surface area (Å²) < 4.78 is 5.28. The number of phenols is 1. The van der Waals surface area contributed by atoms with Crippen LogP contribution in [0.1, 0.15) is 114 Å². The van der Waals surface area contributed by atoms with Crippen LogP contribution < -0.4 is 4.74 Å². The van der Waals surface area contributed by atoms with Gasteiger partial charge in [0.15, 0.2) is 11.5 Å². The third kappa shape index (κ3) is 8.61. The fraction of sp³-hybridized carbons (Fsp3) is 0.529. The second-order valence-electron chi connectivity index (χ2n) is 10.9. The SMILES string of the molecule is CCCCCCCCCCCCCCCCN1C(=O)C(=O)/C(=C(/O)c2ccccc2)C1c1ccc(O)c(OC)c1. The quantitative estimate of drug-likeness (QED) is 0.0845. The number of ether oxygens (including phenoxy) is 1. The van der Waals surface area contributed by atoms with Crippen LogP contribution in [0.3, 0.4) is 0 Å². The van der Waals surface area contributed by atoms with Crippen LogP contribution in [0.25, 0.3) is 5.76 Å². The predicted octanol–water partition coefficient (Wildman–Crippen LogP) is 8.30. The number of nitrogens with zero attached hydrogens (tertiary/aromatic N) is 1. The number of Topliss-reactive ketones (excluding diaryl/α,β-unsaturated/α-hetero) is 1. The van der Waals surface area contributed by atoms with Gasteiger partial charge in [-0.05, 0) is 24.1 Å². The van der Waals surface area contributed by atoms with Crippen LogP contribution >= 0.6 is 0 Å². The van der Waals surface area contributed by atoms with Crippen molar-refractivity contribution in [1.82, 2.24) is 4.90 Å². The Morgan fingerprint density at radius 2 is 1.35 bits per heavy atom. The lowest BCUT2D eigenvalue weighted by molar-refractivity contribution is -0.139. The van der Waals surface area contributed by atoms with E-state index in [4.69, 9.17) is 4.74 Å². The third-order valence-electron chi connectivity index (χ3n) is 7.86. The lowest BCUT2D eigenvalue weighted by Gasteiger charge is -2.26. The molecule has 1 unspecified atom stereocenters. The zero-order chi connectivity index (χ0) is 28.7. The Balaban J connectivity index is 1.57. The maximum atomic E-state index is 13.2. The molecule has 2 N–H and O–H groups in total. The largest absolute Gasteiger partial charge is 0.507 e. The third-order valence-corrected chi connectivity index (χ3v) is 7.86. The van der Waals surface area contributed by atoms with E-state index in [1.165, 1.54) is 83.8 Å². The van der Waals surface area contributed by atoms with Crippen molar-refractivity contribution in [3.05, 3.63) is 65.2 Å². The molecule has 1 atom stereocenters. The lowest BCUT2D eigenvalue weighted by atomic mass is 9.95. The van der Waals surface area contributed by atoms with Crippen molar-refractivity contribution in [2.75, 3.05) is 13.7 Å². The van der Waals surface area contributed by atoms with Gasteiger partial charge in [0.05, 0.1) is 18.7 Å². The van der Waals surface area contributed by atoms with Crippen molar-refractivity contribution in [2.24, 2.45) is 0 Å². The second-order valence-corrected chi connectivity index (χ2v) is 10.9. The van der Waals surface area contributed by atoms with Crippen molar-refractivity contribution in [3.8, 4) is 11.5 Å². The Bertz CT molecular complexity index is 1110. The van der Waals surface area contributed by atoms with Crippen LogP contribution in [0, 0.1) is 0 Å². The van der Waals surface area contributed by atoms with Gasteiger partial charge in [-0.3, -0.25) is 9.59 Å². The zero-order valence-corrected chi connectivity index (χ0v) is 24.4. The van der Waals surface area contributed by atoms with Gasteiger partial charge in [0.25, 0.3) is 11.7 Å². The van der Waals surface area contributed by atoms with Gasteiger partial charge in [0.2, 0.25) is 0 Å². The predicted molar refractivity (Wildman–Crippen MR) is 160 cm³/mol. The van der Waals surface area contributed by atoms with E-state index in [0.717, 1.165) is 19.3 Å². The number of methoxy groups -OCH3 is 1. The summed E-state index contributed by atoms with van der Waals surface area (Å²) in [5.41, 5.74) is 1.15. The van der Waals surface area contributed by atoms with Crippen LogP contribution in [0.4, 0.5) is 0 Å². The number of phenolic OH excluding ortho intramolecular Hbond substituents is 1. The van der Waals surface area contributed by atoms with Crippen molar-refractivity contribution in [1.29, 1.82) is 0 Å². The van der Waals surface area contributed by atoms with E-state index in [0.29, 0.717) is 17.7 Å². The molecule has 2 aromatic rings. The first-order chi connectivity index (χ1) is 19.5. The highest BCUT2D eigenvalue weighted by molar-refractivity contribution is 6.46. The first-order valence-corrected chi connectivity index (χ1v) is 15.2. The number of ketones is 1. The summed E-state index contributed by atoms with van der Waals surface area (Å²) in [4.78, 5) is 27.9. The van der Waals surface area contributed by atoms with E-state index in [2.05, 4.69) is 6.92 Å². The molecular weight excluding hydrogens is 502 g/mol. The molecule has 218 valence electrons. The number of likely N-dealkylation sites (tertiary alicyclic amines) is 1. The molecule has 6 heteroatoms. The Morgan fingerprint density at radius 1 is 0.800 bits per heavy atom. The summed E-state index contributed by atoms with van der Waals surface area (Å²) in [6, 6.07) is 12.8. The van der Waals surface area contributed by atoms with E-state index in [1.54, 1.807) is 41.3 Å². The normalized spacial score (nSPS) is 16.6. The Hall–Kier alpha value is -3.28. The number of benzene rings is 2. The number of aromatic hydroxyl groups is 1. The summed E-state index contributed by atoms with van der Waals surface area (Å²) >= 11 is 0. The van der Waals surface area contributed by atoms with Gasteiger partial charge >= 0.3 is 0 Å². The molecule has 1 heterocycles. The maximum Gasteiger partial charge on any atom is 0.295 e. The number of unbranched alkanes of at least 4 members (excludes halogenated alkanes) is 13. The van der Waals surface area contributed by atoms with Crippen molar-refractivity contribution < 1.29 is 24.5 Å². The number of amides is 1. The Labute approximate surface area is 240 Å². The highest BCUT2D eigenvalue weighted by atomic mass is 16.5. The molecule has 1 aliphatic rings. The van der Waals surface area contributed by atoms with Gasteiger partial charge < -0.3 is 19.8 Å². The number of hydrogen-bond acceptors (Lipinski definition) is 5. The average Bonchev–Trinajstić information content (AvgIpc) is 3.22.